The van der Waals surface area contributed by atoms with Gasteiger partial charge in [-0.3, -0.25) is 0 Å². The average Bonchev–Trinajstić information content (AvgIpc) is 1.72. The Morgan fingerprint density at radius 1 is 1.83 bits per heavy atom. The van der Waals surface area contributed by atoms with E-state index in [-0.39, 0.29) is 0 Å². The summed E-state index contributed by atoms with van der Waals surface area (Å²) in [7, 11) is 0. The molecule has 0 spiro atoms. The fraction of sp³-hybridized carbons (Fsp3) is 0. The standard InChI is InChI=1S/C2H2N3S/c1-3-2-5-6-4-1/h1H,(H,3,4,5). The summed E-state index contributed by atoms with van der Waals surface area (Å²) >= 11 is 1.21. The molecule has 1 rings (SSSR count). The molecule has 31 valence electrons. The van der Waals surface area contributed by atoms with Crippen LogP contribution in [-0.2, 0) is 0 Å². The van der Waals surface area contributed by atoms with Crippen molar-refractivity contribution in [3.8, 4) is 0 Å². The van der Waals surface area contributed by atoms with Crippen molar-refractivity contribution >= 4 is 24.8 Å². The molecule has 1 radical (unpaired) electrons. The Balaban J connectivity index is 2.46. The second-order valence-electron chi connectivity index (χ2n) is 0.659. The van der Waals surface area contributed by atoms with Crippen LogP contribution < -0.4 is 4.72 Å². The van der Waals surface area contributed by atoms with E-state index in [0.717, 1.165) is 0 Å². The number of hydrogen-bond acceptors (Lipinski definition) is 4. The second kappa shape index (κ2) is 1.81. The summed E-state index contributed by atoms with van der Waals surface area (Å²) in [5, 5.41) is 0. The van der Waals surface area contributed by atoms with E-state index in [2.05, 4.69) is 20.5 Å². The summed E-state index contributed by atoms with van der Waals surface area (Å²) in [6, 6.07) is 0. The zero-order chi connectivity index (χ0) is 4.24. The lowest BCUT2D eigenvalue weighted by Gasteiger charge is -1.89. The first-order chi connectivity index (χ1) is 3.00. The van der Waals surface area contributed by atoms with Crippen LogP contribution in [0.2, 0.25) is 0 Å². The van der Waals surface area contributed by atoms with E-state index in [1.54, 1.807) is 0 Å². The number of nitrogens with one attached hydrogen (secondary N) is 1. The molecule has 0 aromatic carbocycles. The van der Waals surface area contributed by atoms with Gasteiger partial charge in [0.1, 0.15) is 6.34 Å². The highest BCUT2D eigenvalue weighted by molar-refractivity contribution is 7.96. The predicted molar refractivity (Wildman–Crippen MR) is 26.7 cm³/mol. The lowest BCUT2D eigenvalue weighted by atomic mass is 11.2. The Morgan fingerprint density at radius 3 is 3.00 bits per heavy atom. The van der Waals surface area contributed by atoms with E-state index >= 15 is 0 Å². The SMILES string of the molecule is [C]1=NSNC=N1. The lowest BCUT2D eigenvalue weighted by molar-refractivity contribution is 1.52. The minimum atomic E-state index is 1.21. The number of nitrogens with zero attached hydrogens (tertiary/aromatic N) is 2. The fourth-order valence-corrected chi connectivity index (χ4v) is 0.390. The summed E-state index contributed by atoms with van der Waals surface area (Å²) in [4.78, 5) is 3.50. The molecule has 1 aliphatic heterocycles. The molecule has 0 aromatic heterocycles. The quantitative estimate of drug-likeness (QED) is 0.438. The molecule has 0 fully saturated rings. The molecule has 0 aromatic rings. The van der Waals surface area contributed by atoms with E-state index in [0.29, 0.717) is 0 Å². The van der Waals surface area contributed by atoms with Crippen molar-refractivity contribution < 1.29 is 0 Å². The molecule has 0 saturated heterocycles. The van der Waals surface area contributed by atoms with E-state index in [4.69, 9.17) is 0 Å². The Morgan fingerprint density at radius 2 is 2.83 bits per heavy atom. The van der Waals surface area contributed by atoms with Crippen LogP contribution in [0.25, 0.3) is 0 Å². The van der Waals surface area contributed by atoms with Crippen molar-refractivity contribution in [1.29, 1.82) is 0 Å². The van der Waals surface area contributed by atoms with Gasteiger partial charge in [0.15, 0.2) is 0 Å². The molecular formula is C2H2N3S. The number of aliphatic imine (C=N–C) groups is 1. The largest absolute Gasteiger partial charge is 0.301 e. The van der Waals surface area contributed by atoms with Crippen LogP contribution in [0.3, 0.4) is 0 Å². The highest BCUT2D eigenvalue weighted by atomic mass is 32.2. The minimum absolute atomic E-state index is 1.21. The molecule has 1 aliphatic rings. The first-order valence-corrected chi connectivity index (χ1v) is 2.15. The van der Waals surface area contributed by atoms with Crippen molar-refractivity contribution in [2.45, 2.75) is 0 Å². The molecule has 0 aliphatic carbocycles. The van der Waals surface area contributed by atoms with Crippen LogP contribution in [0.4, 0.5) is 0 Å². The van der Waals surface area contributed by atoms with Crippen LogP contribution in [0.5, 0.6) is 0 Å². The van der Waals surface area contributed by atoms with Gasteiger partial charge in [-0.25, -0.2) is 4.99 Å². The van der Waals surface area contributed by atoms with Gasteiger partial charge in [0.2, 0.25) is 6.34 Å². The molecule has 0 bridgehead atoms. The maximum absolute atomic E-state index is 3.53. The molecule has 3 nitrogen and oxygen atoms in total. The zero-order valence-electron chi connectivity index (χ0n) is 2.88. The highest BCUT2D eigenvalue weighted by Crippen LogP contribution is 1.92. The molecule has 1 heterocycles. The van der Waals surface area contributed by atoms with E-state index in [1.165, 1.54) is 18.5 Å². The summed E-state index contributed by atoms with van der Waals surface area (Å²) in [6.07, 6.45) is 3.91. The molecule has 0 saturated carbocycles. The number of rotatable bonds is 0. The van der Waals surface area contributed by atoms with Gasteiger partial charge in [-0.2, -0.15) is 4.40 Å². The van der Waals surface area contributed by atoms with Crippen LogP contribution >= 0.6 is 12.1 Å². The lowest BCUT2D eigenvalue weighted by Crippen LogP contribution is -1.99. The van der Waals surface area contributed by atoms with Gasteiger partial charge in [0.25, 0.3) is 0 Å². The van der Waals surface area contributed by atoms with Crippen molar-refractivity contribution in [2.24, 2.45) is 9.39 Å². The van der Waals surface area contributed by atoms with Crippen LogP contribution in [-0.4, -0.2) is 12.7 Å². The van der Waals surface area contributed by atoms with Crippen LogP contribution in [0, 0.1) is 0 Å². The first-order valence-electron chi connectivity index (χ1n) is 1.38. The second-order valence-corrected chi connectivity index (χ2v) is 1.26. The normalized spacial score (nSPS) is 17.3. The monoisotopic (exact) mass is 100.0 g/mol. The maximum atomic E-state index is 3.53. The molecule has 0 unspecified atom stereocenters. The van der Waals surface area contributed by atoms with Gasteiger partial charge in [-0.1, -0.05) is 0 Å². The van der Waals surface area contributed by atoms with E-state index < -0.39 is 0 Å². The Hall–Kier alpha value is -0.510. The minimum Gasteiger partial charge on any atom is -0.301 e. The number of hydrogen-bond donors (Lipinski definition) is 1. The van der Waals surface area contributed by atoms with Crippen molar-refractivity contribution in [3.05, 3.63) is 0 Å². The third-order valence-corrected chi connectivity index (χ3v) is 0.698. The topological polar surface area (TPSA) is 36.8 Å². The van der Waals surface area contributed by atoms with Crippen molar-refractivity contribution in [1.82, 2.24) is 4.72 Å². The van der Waals surface area contributed by atoms with Gasteiger partial charge < -0.3 is 4.72 Å². The van der Waals surface area contributed by atoms with Crippen LogP contribution in [0.15, 0.2) is 9.39 Å². The molecule has 0 atom stereocenters. The molecule has 4 heteroatoms. The summed E-state index contributed by atoms with van der Waals surface area (Å²) < 4.78 is 6.22. The van der Waals surface area contributed by atoms with Gasteiger partial charge in [-0.15, -0.1) is 0 Å². The zero-order valence-corrected chi connectivity index (χ0v) is 3.70. The Kier molecular flexibility index (Phi) is 1.11. The summed E-state index contributed by atoms with van der Waals surface area (Å²) in [6.45, 7) is 0. The third kappa shape index (κ3) is 0.718. The van der Waals surface area contributed by atoms with E-state index in [9.17, 15) is 0 Å². The molecule has 6 heavy (non-hydrogen) atoms. The van der Waals surface area contributed by atoms with Crippen molar-refractivity contribution in [2.75, 3.05) is 0 Å². The van der Waals surface area contributed by atoms with Gasteiger partial charge in [0, 0.05) is 0 Å². The van der Waals surface area contributed by atoms with Gasteiger partial charge in [-0.05, 0) is 0 Å². The highest BCUT2D eigenvalue weighted by Gasteiger charge is 1.78. The van der Waals surface area contributed by atoms with Gasteiger partial charge >= 0.3 is 0 Å². The average molecular weight is 100 g/mol. The smallest absolute Gasteiger partial charge is 0.209 e. The molecular weight excluding hydrogens is 98.1 g/mol. The maximum Gasteiger partial charge on any atom is 0.209 e. The van der Waals surface area contributed by atoms with E-state index in [1.807, 2.05) is 0 Å². The Bertz CT molecular complexity index is 74.8. The summed E-state index contributed by atoms with van der Waals surface area (Å²) in [5.41, 5.74) is 0. The summed E-state index contributed by atoms with van der Waals surface area (Å²) in [5.74, 6) is 0. The van der Waals surface area contributed by atoms with Crippen molar-refractivity contribution in [3.63, 3.8) is 0 Å². The first kappa shape index (κ1) is 3.67. The van der Waals surface area contributed by atoms with Gasteiger partial charge in [0.05, 0.1) is 12.1 Å². The molecule has 1 N–H and O–H groups in total. The third-order valence-electron chi connectivity index (χ3n) is 0.314. The fourth-order valence-electron chi connectivity index (χ4n) is 0.149. The van der Waals surface area contributed by atoms with Crippen LogP contribution in [0.1, 0.15) is 0 Å². The Labute approximate surface area is 39.8 Å². The predicted octanol–water partition coefficient (Wildman–Crippen LogP) is 0.0864. The molecule has 0 amide bonds.